The molecule has 12 rings (SSSR count). The van der Waals surface area contributed by atoms with Crippen molar-refractivity contribution in [1.29, 1.82) is 0 Å². The first-order valence-corrected chi connectivity index (χ1v) is 18.3. The van der Waals surface area contributed by atoms with Gasteiger partial charge in [0, 0.05) is 33.7 Å². The largest absolute Gasteiger partial charge is 0.309 e. The molecule has 0 N–H and O–H groups in total. The van der Waals surface area contributed by atoms with Crippen molar-refractivity contribution in [3.05, 3.63) is 192 Å². The van der Waals surface area contributed by atoms with Crippen molar-refractivity contribution in [3.63, 3.8) is 0 Å². The highest BCUT2D eigenvalue weighted by atomic mass is 15.0. The van der Waals surface area contributed by atoms with Crippen molar-refractivity contribution in [2.45, 2.75) is 12.8 Å². The summed E-state index contributed by atoms with van der Waals surface area (Å²) in [4.78, 5) is 0. The molecule has 0 bridgehead atoms. The first-order valence-electron chi connectivity index (χ1n) is 18.3. The normalized spacial score (nSPS) is 12.8. The third-order valence-corrected chi connectivity index (χ3v) is 11.8. The third kappa shape index (κ3) is 3.79. The second-order valence-electron chi connectivity index (χ2n) is 14.5. The maximum Gasteiger partial charge on any atom is 0.0641 e. The molecule has 8 aromatic carbocycles. The van der Waals surface area contributed by atoms with E-state index < -0.39 is 0 Å². The lowest BCUT2D eigenvalue weighted by atomic mass is 9.96. The zero-order chi connectivity index (χ0) is 33.9. The fraction of sp³-hybridized carbons (Fsp3) is 0.0400. The molecule has 2 aliphatic rings. The monoisotopic (exact) mass is 660 g/mol. The second-order valence-corrected chi connectivity index (χ2v) is 14.5. The van der Waals surface area contributed by atoms with Crippen LogP contribution in [-0.4, -0.2) is 9.13 Å². The Hall–Kier alpha value is -6.64. The summed E-state index contributed by atoms with van der Waals surface area (Å²) in [5.41, 5.74) is 21.1. The number of para-hydroxylation sites is 3. The summed E-state index contributed by atoms with van der Waals surface area (Å²) >= 11 is 0. The average Bonchev–Trinajstić information content (AvgIpc) is 3.95. The van der Waals surface area contributed by atoms with Crippen LogP contribution in [0, 0.1) is 0 Å². The third-order valence-electron chi connectivity index (χ3n) is 11.8. The number of hydrogen-bond acceptors (Lipinski definition) is 0. The quantitative estimate of drug-likeness (QED) is 0.178. The Bertz CT molecular complexity index is 3120. The van der Waals surface area contributed by atoms with Crippen LogP contribution in [0.3, 0.4) is 0 Å². The van der Waals surface area contributed by atoms with Gasteiger partial charge in [-0.1, -0.05) is 127 Å². The van der Waals surface area contributed by atoms with Crippen LogP contribution < -0.4 is 0 Å². The van der Waals surface area contributed by atoms with Crippen molar-refractivity contribution in [1.82, 2.24) is 9.13 Å². The van der Waals surface area contributed by atoms with Crippen LogP contribution in [0.5, 0.6) is 0 Å². The number of benzene rings is 8. The van der Waals surface area contributed by atoms with E-state index in [1.807, 2.05) is 0 Å². The molecule has 52 heavy (non-hydrogen) atoms. The Kier molecular flexibility index (Phi) is 5.64. The number of hydrogen-bond donors (Lipinski definition) is 0. The lowest BCUT2D eigenvalue weighted by molar-refractivity contribution is 1.12. The first kappa shape index (κ1) is 28.1. The fourth-order valence-electron chi connectivity index (χ4n) is 9.51. The van der Waals surface area contributed by atoms with Gasteiger partial charge in [-0.25, -0.2) is 0 Å². The highest BCUT2D eigenvalue weighted by molar-refractivity contribution is 6.26. The summed E-state index contributed by atoms with van der Waals surface area (Å²) in [6.07, 6.45) is 1.93. The standard InChI is InChI=1S/C50H32N2/c1-2-12-36(13-3-1)51-45-18-8-6-15-40(45)41-25-26-48-49(50(41)51)42-16-7-9-19-46(42)52(48)47-20-10-17-39-38-24-23-31(27-35(38)30-44(39)47)32-21-22-34-28-33-11-4-5-14-37(33)43(34)29-32/h1-27,29H,28,30H2. The Balaban J connectivity index is 1.05. The van der Waals surface area contributed by atoms with E-state index in [1.54, 1.807) is 0 Å². The summed E-state index contributed by atoms with van der Waals surface area (Å²) in [6.45, 7) is 0. The van der Waals surface area contributed by atoms with Crippen molar-refractivity contribution in [2.24, 2.45) is 0 Å². The van der Waals surface area contributed by atoms with Crippen LogP contribution in [-0.2, 0) is 12.8 Å². The highest BCUT2D eigenvalue weighted by Crippen LogP contribution is 2.46. The van der Waals surface area contributed by atoms with Crippen molar-refractivity contribution < 1.29 is 0 Å². The summed E-state index contributed by atoms with van der Waals surface area (Å²) in [5.74, 6) is 0. The van der Waals surface area contributed by atoms with Crippen molar-refractivity contribution in [3.8, 4) is 44.8 Å². The lowest BCUT2D eigenvalue weighted by Gasteiger charge is -2.13. The molecule has 2 aromatic heterocycles. The zero-order valence-electron chi connectivity index (χ0n) is 28.5. The van der Waals surface area contributed by atoms with Gasteiger partial charge in [-0.05, 0) is 105 Å². The van der Waals surface area contributed by atoms with E-state index in [1.165, 1.54) is 111 Å². The number of aromatic nitrogens is 2. The van der Waals surface area contributed by atoms with Gasteiger partial charge in [-0.3, -0.25) is 0 Å². The molecule has 242 valence electrons. The summed E-state index contributed by atoms with van der Waals surface area (Å²) in [7, 11) is 0. The summed E-state index contributed by atoms with van der Waals surface area (Å²) in [6, 6.07) is 63.2. The van der Waals surface area contributed by atoms with E-state index in [4.69, 9.17) is 0 Å². The molecule has 0 amide bonds. The van der Waals surface area contributed by atoms with Crippen LogP contribution in [0.1, 0.15) is 22.3 Å². The molecule has 0 atom stereocenters. The molecule has 0 aliphatic heterocycles. The van der Waals surface area contributed by atoms with Crippen LogP contribution in [0.25, 0.3) is 88.4 Å². The molecular formula is C50H32N2. The SMILES string of the molecule is c1ccc(-n2c3ccccc3c3ccc4c(c5ccccc5n4-c4cccc5c4Cc4cc(-c6ccc7c(c6)-c6ccccc6C7)ccc4-5)c32)cc1. The number of nitrogens with zero attached hydrogens (tertiary/aromatic N) is 2. The number of rotatable bonds is 3. The van der Waals surface area contributed by atoms with Crippen LogP contribution in [0.4, 0.5) is 0 Å². The van der Waals surface area contributed by atoms with E-state index in [2.05, 4.69) is 179 Å². The highest BCUT2D eigenvalue weighted by Gasteiger charge is 2.26. The molecule has 0 radical (unpaired) electrons. The molecule has 0 spiro atoms. The predicted molar refractivity (Wildman–Crippen MR) is 217 cm³/mol. The smallest absolute Gasteiger partial charge is 0.0641 e. The molecule has 2 heterocycles. The van der Waals surface area contributed by atoms with Crippen molar-refractivity contribution >= 4 is 43.6 Å². The molecule has 0 saturated heterocycles. The van der Waals surface area contributed by atoms with Gasteiger partial charge in [-0.15, -0.1) is 0 Å². The Morgan fingerprint density at radius 3 is 1.96 bits per heavy atom. The summed E-state index contributed by atoms with van der Waals surface area (Å²) in [5, 5.41) is 5.13. The van der Waals surface area contributed by atoms with Gasteiger partial charge in [0.25, 0.3) is 0 Å². The molecule has 2 aliphatic carbocycles. The van der Waals surface area contributed by atoms with Crippen molar-refractivity contribution in [2.75, 3.05) is 0 Å². The predicted octanol–water partition coefficient (Wildman–Crippen LogP) is 12.7. The Labute approximate surface area is 301 Å². The number of fused-ring (bicyclic) bond motifs is 13. The molecule has 2 heteroatoms. The fourth-order valence-corrected chi connectivity index (χ4v) is 9.51. The molecule has 2 nitrogen and oxygen atoms in total. The molecule has 0 saturated carbocycles. The zero-order valence-corrected chi connectivity index (χ0v) is 28.5. The minimum absolute atomic E-state index is 0.906. The first-order chi connectivity index (χ1) is 25.8. The van der Waals surface area contributed by atoms with E-state index in [0.717, 1.165) is 12.8 Å². The molecule has 10 aromatic rings. The van der Waals surface area contributed by atoms with Gasteiger partial charge >= 0.3 is 0 Å². The van der Waals surface area contributed by atoms with Crippen LogP contribution in [0.2, 0.25) is 0 Å². The van der Waals surface area contributed by atoms with Crippen LogP contribution >= 0.6 is 0 Å². The summed E-state index contributed by atoms with van der Waals surface area (Å²) < 4.78 is 4.99. The van der Waals surface area contributed by atoms with Crippen LogP contribution in [0.15, 0.2) is 170 Å². The van der Waals surface area contributed by atoms with E-state index in [-0.39, 0.29) is 0 Å². The van der Waals surface area contributed by atoms with Gasteiger partial charge in [0.15, 0.2) is 0 Å². The minimum Gasteiger partial charge on any atom is -0.309 e. The van der Waals surface area contributed by atoms with E-state index >= 15 is 0 Å². The topological polar surface area (TPSA) is 9.86 Å². The van der Waals surface area contributed by atoms with E-state index in [0.29, 0.717) is 0 Å². The second kappa shape index (κ2) is 10.4. The lowest BCUT2D eigenvalue weighted by Crippen LogP contribution is -1.99. The van der Waals surface area contributed by atoms with Gasteiger partial charge in [0.2, 0.25) is 0 Å². The van der Waals surface area contributed by atoms with Gasteiger partial charge < -0.3 is 9.13 Å². The average molecular weight is 661 g/mol. The maximum absolute atomic E-state index is 2.53. The Morgan fingerprint density at radius 1 is 0.365 bits per heavy atom. The minimum atomic E-state index is 0.906. The van der Waals surface area contributed by atoms with Gasteiger partial charge in [0.1, 0.15) is 0 Å². The van der Waals surface area contributed by atoms with E-state index in [9.17, 15) is 0 Å². The molecule has 0 unspecified atom stereocenters. The van der Waals surface area contributed by atoms with Gasteiger partial charge in [-0.2, -0.15) is 0 Å². The maximum atomic E-state index is 2.53. The molecular weight excluding hydrogens is 629 g/mol. The molecule has 0 fully saturated rings. The van der Waals surface area contributed by atoms with Gasteiger partial charge in [0.05, 0.1) is 27.8 Å². The Morgan fingerprint density at radius 2 is 1.06 bits per heavy atom.